The van der Waals surface area contributed by atoms with Crippen LogP contribution >= 0.6 is 63.7 Å². The highest BCUT2D eigenvalue weighted by molar-refractivity contribution is 9.13. The Morgan fingerprint density at radius 2 is 1.73 bits per heavy atom. The normalized spacial score (nSPS) is 10.2. The van der Waals surface area contributed by atoms with Gasteiger partial charge in [0, 0.05) is 18.7 Å². The van der Waals surface area contributed by atoms with Crippen LogP contribution in [0.4, 0.5) is 0 Å². The molecular formula is C7H4Br4. The second-order valence-electron chi connectivity index (χ2n) is 1.99. The third-order valence-corrected chi connectivity index (χ3v) is 4.37. The monoisotopic (exact) mass is 404 g/mol. The molecule has 1 aromatic carbocycles. The Hall–Kier alpha value is 1.14. The number of rotatable bonds is 1. The molecule has 0 N–H and O–H groups in total. The highest BCUT2D eigenvalue weighted by atomic mass is 79.9. The highest BCUT2D eigenvalue weighted by Gasteiger charge is 2.03. The first-order valence-electron chi connectivity index (χ1n) is 2.84. The summed E-state index contributed by atoms with van der Waals surface area (Å²) in [5, 5.41) is 0.853. The van der Waals surface area contributed by atoms with Crippen LogP contribution in [0.3, 0.4) is 0 Å². The van der Waals surface area contributed by atoms with E-state index >= 15 is 0 Å². The second-order valence-corrected chi connectivity index (χ2v) is 5.12. The lowest BCUT2D eigenvalue weighted by atomic mass is 10.2. The third kappa shape index (κ3) is 2.54. The van der Waals surface area contributed by atoms with Crippen LogP contribution in [-0.4, -0.2) is 0 Å². The Balaban J connectivity index is 3.24. The van der Waals surface area contributed by atoms with E-state index in [1.54, 1.807) is 0 Å². The van der Waals surface area contributed by atoms with E-state index in [9.17, 15) is 0 Å². The molecule has 0 saturated heterocycles. The maximum Gasteiger partial charge on any atom is 0.0358 e. The average molecular weight is 408 g/mol. The molecule has 0 saturated carbocycles. The first kappa shape index (κ1) is 10.2. The molecule has 0 atom stereocenters. The number of halogens is 4. The minimum atomic E-state index is 0.853. The predicted molar refractivity (Wildman–Crippen MR) is 62.2 cm³/mol. The maximum absolute atomic E-state index is 3.48. The van der Waals surface area contributed by atoms with Crippen molar-refractivity contribution in [1.29, 1.82) is 0 Å². The molecule has 0 spiro atoms. The van der Waals surface area contributed by atoms with Gasteiger partial charge in [0.2, 0.25) is 0 Å². The van der Waals surface area contributed by atoms with Crippen LogP contribution in [0.5, 0.6) is 0 Å². The van der Waals surface area contributed by atoms with E-state index in [1.807, 2.05) is 6.07 Å². The molecule has 1 aromatic rings. The molecular weight excluding hydrogens is 404 g/mol. The molecule has 0 fully saturated rings. The minimum Gasteiger partial charge on any atom is -0.0876 e. The summed E-state index contributed by atoms with van der Waals surface area (Å²) in [6.45, 7) is 0. The molecule has 0 unspecified atom stereocenters. The van der Waals surface area contributed by atoms with Crippen molar-refractivity contribution in [2.45, 2.75) is 5.33 Å². The lowest BCUT2D eigenvalue weighted by molar-refractivity contribution is 1.36. The molecule has 0 aliphatic heterocycles. The van der Waals surface area contributed by atoms with Gasteiger partial charge in [0.05, 0.1) is 0 Å². The molecule has 0 amide bonds. The smallest absolute Gasteiger partial charge is 0.0358 e. The standard InChI is InChI=1S/C7H4Br4/c8-3-4-1-5(9)2-6(10)7(4)11/h1-2H,3H2. The summed E-state index contributed by atoms with van der Waals surface area (Å²) in [6.07, 6.45) is 0. The van der Waals surface area contributed by atoms with Gasteiger partial charge in [-0.3, -0.25) is 0 Å². The SMILES string of the molecule is BrCc1cc(Br)cc(Br)c1Br. The molecule has 0 aliphatic rings. The zero-order valence-electron chi connectivity index (χ0n) is 5.37. The van der Waals surface area contributed by atoms with Crippen LogP contribution in [0, 0.1) is 0 Å². The lowest BCUT2D eigenvalue weighted by Crippen LogP contribution is -1.81. The molecule has 11 heavy (non-hydrogen) atoms. The van der Waals surface area contributed by atoms with Crippen molar-refractivity contribution in [3.63, 3.8) is 0 Å². The second kappa shape index (κ2) is 4.40. The molecule has 1 rings (SSSR count). The summed E-state index contributed by atoms with van der Waals surface area (Å²) < 4.78 is 3.26. The van der Waals surface area contributed by atoms with Crippen LogP contribution < -0.4 is 0 Å². The average Bonchev–Trinajstić information content (AvgIpc) is 1.96. The van der Waals surface area contributed by atoms with Crippen molar-refractivity contribution >= 4 is 63.7 Å². The van der Waals surface area contributed by atoms with E-state index in [1.165, 1.54) is 5.56 Å². The van der Waals surface area contributed by atoms with Gasteiger partial charge in [-0.15, -0.1) is 0 Å². The molecule has 0 heterocycles. The van der Waals surface area contributed by atoms with E-state index < -0.39 is 0 Å². The van der Waals surface area contributed by atoms with Gasteiger partial charge >= 0.3 is 0 Å². The van der Waals surface area contributed by atoms with Gasteiger partial charge in [-0.1, -0.05) is 31.9 Å². The summed E-state index contributed by atoms with van der Waals surface area (Å²) >= 11 is 13.7. The molecule has 0 bridgehead atoms. The van der Waals surface area contributed by atoms with E-state index in [0.717, 1.165) is 18.7 Å². The molecule has 0 nitrogen and oxygen atoms in total. The van der Waals surface area contributed by atoms with Crippen molar-refractivity contribution in [3.8, 4) is 0 Å². The fourth-order valence-electron chi connectivity index (χ4n) is 0.707. The largest absolute Gasteiger partial charge is 0.0876 e. The van der Waals surface area contributed by atoms with Crippen LogP contribution in [0.25, 0.3) is 0 Å². The van der Waals surface area contributed by atoms with Gasteiger partial charge in [-0.2, -0.15) is 0 Å². The van der Waals surface area contributed by atoms with E-state index in [-0.39, 0.29) is 0 Å². The zero-order chi connectivity index (χ0) is 8.43. The van der Waals surface area contributed by atoms with Gasteiger partial charge in [0.1, 0.15) is 0 Å². The topological polar surface area (TPSA) is 0 Å². The van der Waals surface area contributed by atoms with Gasteiger partial charge < -0.3 is 0 Å². The van der Waals surface area contributed by atoms with Crippen molar-refractivity contribution in [2.75, 3.05) is 0 Å². The van der Waals surface area contributed by atoms with Gasteiger partial charge in [-0.25, -0.2) is 0 Å². The lowest BCUT2D eigenvalue weighted by Gasteiger charge is -2.03. The molecule has 4 heteroatoms. The van der Waals surface area contributed by atoms with E-state index in [4.69, 9.17) is 0 Å². The summed E-state index contributed by atoms with van der Waals surface area (Å²) in [6, 6.07) is 4.08. The first-order valence-corrected chi connectivity index (χ1v) is 6.34. The van der Waals surface area contributed by atoms with E-state index in [0.29, 0.717) is 0 Å². The fraction of sp³-hybridized carbons (Fsp3) is 0.143. The number of benzene rings is 1. The Bertz CT molecular complexity index is 269. The first-order chi connectivity index (χ1) is 5.15. The van der Waals surface area contributed by atoms with Crippen molar-refractivity contribution < 1.29 is 0 Å². The fourth-order valence-corrected chi connectivity index (χ4v) is 3.21. The van der Waals surface area contributed by atoms with Crippen molar-refractivity contribution in [3.05, 3.63) is 31.1 Å². The Morgan fingerprint density at radius 3 is 2.27 bits per heavy atom. The number of alkyl halides is 1. The highest BCUT2D eigenvalue weighted by Crippen LogP contribution is 2.31. The number of hydrogen-bond donors (Lipinski definition) is 0. The zero-order valence-corrected chi connectivity index (χ0v) is 11.7. The third-order valence-electron chi connectivity index (χ3n) is 1.21. The predicted octanol–water partition coefficient (Wildman–Crippen LogP) is 4.87. The quantitative estimate of drug-likeness (QED) is 0.460. The summed E-state index contributed by atoms with van der Waals surface area (Å²) in [5.74, 6) is 0. The van der Waals surface area contributed by atoms with Crippen LogP contribution in [0.15, 0.2) is 25.6 Å². The van der Waals surface area contributed by atoms with Crippen molar-refractivity contribution in [1.82, 2.24) is 0 Å². The summed E-state index contributed by atoms with van der Waals surface area (Å²) in [4.78, 5) is 0. The Morgan fingerprint density at radius 1 is 1.09 bits per heavy atom. The van der Waals surface area contributed by atoms with E-state index in [2.05, 4.69) is 69.8 Å². The molecule has 0 radical (unpaired) electrons. The van der Waals surface area contributed by atoms with Crippen LogP contribution in [0.2, 0.25) is 0 Å². The van der Waals surface area contributed by atoms with Gasteiger partial charge in [0.15, 0.2) is 0 Å². The van der Waals surface area contributed by atoms with Crippen LogP contribution in [-0.2, 0) is 5.33 Å². The minimum absolute atomic E-state index is 0.853. The Kier molecular flexibility index (Phi) is 4.09. The van der Waals surface area contributed by atoms with Gasteiger partial charge in [0.25, 0.3) is 0 Å². The maximum atomic E-state index is 3.48. The molecule has 60 valence electrons. The summed E-state index contributed by atoms with van der Waals surface area (Å²) in [5.41, 5.74) is 1.23. The van der Waals surface area contributed by atoms with Crippen molar-refractivity contribution in [2.24, 2.45) is 0 Å². The summed E-state index contributed by atoms with van der Waals surface area (Å²) in [7, 11) is 0. The molecule has 0 aliphatic carbocycles. The molecule has 0 aromatic heterocycles. The number of hydrogen-bond acceptors (Lipinski definition) is 0. The van der Waals surface area contributed by atoms with Gasteiger partial charge in [-0.05, 0) is 49.6 Å². The van der Waals surface area contributed by atoms with Crippen LogP contribution in [0.1, 0.15) is 5.56 Å². The Labute approximate surface area is 99.3 Å².